The molecule has 0 saturated carbocycles. The fourth-order valence-corrected chi connectivity index (χ4v) is 6.37. The van der Waals surface area contributed by atoms with Gasteiger partial charge in [0, 0.05) is 45.7 Å². The molecule has 7 nitrogen and oxygen atoms in total. The first kappa shape index (κ1) is 28.8. The summed E-state index contributed by atoms with van der Waals surface area (Å²) < 4.78 is 38.2. The molecule has 0 unspecified atom stereocenters. The van der Waals surface area contributed by atoms with Crippen LogP contribution in [0.1, 0.15) is 36.3 Å². The van der Waals surface area contributed by atoms with Crippen molar-refractivity contribution >= 4 is 11.4 Å². The molecule has 3 aromatic carbocycles. The van der Waals surface area contributed by atoms with Gasteiger partial charge in [-0.3, -0.25) is 0 Å². The maximum absolute atomic E-state index is 14.2. The van der Waals surface area contributed by atoms with Gasteiger partial charge in [-0.1, -0.05) is 30.3 Å². The third-order valence-electron chi connectivity index (χ3n) is 8.60. The largest absolute Gasteiger partial charge is 0.490 e. The van der Waals surface area contributed by atoms with Crippen molar-refractivity contribution in [2.24, 2.45) is 0 Å². The second-order valence-corrected chi connectivity index (χ2v) is 11.4. The number of ether oxygens (including phenoxy) is 4. The van der Waals surface area contributed by atoms with E-state index in [0.717, 1.165) is 81.3 Å². The van der Waals surface area contributed by atoms with E-state index in [1.165, 1.54) is 11.6 Å². The third-order valence-corrected chi connectivity index (χ3v) is 8.60. The van der Waals surface area contributed by atoms with Gasteiger partial charge < -0.3 is 34.1 Å². The van der Waals surface area contributed by atoms with E-state index in [2.05, 4.69) is 57.6 Å². The molecular formula is C34H42FN3O4. The molecule has 2 fully saturated rings. The van der Waals surface area contributed by atoms with Crippen LogP contribution in [0, 0.1) is 5.82 Å². The standard InChI is InChI=1S/C34H42FN3O4/c1-39-19-4-16-37-18-20-40-33-12-7-25(21-32(33)37)24-41-34-22-36-15-13-29(34)26-8-10-27(11-9-26)42-28-14-17-38(23-28)31-6-3-2-5-30(31)35/h2-3,5-12,21,28-29,34,36H,4,13-20,22-24H2,1H3/t28-,29+,34-/m0/s1. The first-order valence-electron chi connectivity index (χ1n) is 15.3. The van der Waals surface area contributed by atoms with Crippen molar-refractivity contribution in [3.05, 3.63) is 83.7 Å². The van der Waals surface area contributed by atoms with E-state index in [-0.39, 0.29) is 18.0 Å². The van der Waals surface area contributed by atoms with Gasteiger partial charge in [0.15, 0.2) is 0 Å². The number of rotatable bonds is 11. The van der Waals surface area contributed by atoms with Gasteiger partial charge in [0.25, 0.3) is 0 Å². The lowest BCUT2D eigenvalue weighted by atomic mass is 9.87. The summed E-state index contributed by atoms with van der Waals surface area (Å²) in [4.78, 5) is 4.46. The molecule has 224 valence electrons. The summed E-state index contributed by atoms with van der Waals surface area (Å²) in [5, 5.41) is 3.52. The zero-order chi connectivity index (χ0) is 28.7. The van der Waals surface area contributed by atoms with Crippen LogP contribution in [0.2, 0.25) is 0 Å². The van der Waals surface area contributed by atoms with Crippen molar-refractivity contribution in [2.75, 3.05) is 69.4 Å². The van der Waals surface area contributed by atoms with Crippen LogP contribution in [0.15, 0.2) is 66.7 Å². The van der Waals surface area contributed by atoms with Gasteiger partial charge in [0.1, 0.15) is 30.0 Å². The molecule has 42 heavy (non-hydrogen) atoms. The number of fused-ring (bicyclic) bond motifs is 1. The molecule has 3 heterocycles. The average Bonchev–Trinajstić information content (AvgIpc) is 3.49. The lowest BCUT2D eigenvalue weighted by molar-refractivity contribution is 0.0106. The van der Waals surface area contributed by atoms with Gasteiger partial charge in [-0.25, -0.2) is 4.39 Å². The van der Waals surface area contributed by atoms with Gasteiger partial charge in [-0.05, 0) is 66.9 Å². The lowest BCUT2D eigenvalue weighted by Gasteiger charge is -2.33. The smallest absolute Gasteiger partial charge is 0.146 e. The van der Waals surface area contributed by atoms with Crippen molar-refractivity contribution in [2.45, 2.75) is 44.0 Å². The Kier molecular flexibility index (Phi) is 9.43. The Labute approximate surface area is 248 Å². The van der Waals surface area contributed by atoms with Crippen LogP contribution in [0.3, 0.4) is 0 Å². The molecule has 0 amide bonds. The highest BCUT2D eigenvalue weighted by Crippen LogP contribution is 2.34. The Morgan fingerprint density at radius 2 is 1.88 bits per heavy atom. The van der Waals surface area contributed by atoms with Gasteiger partial charge in [0.05, 0.1) is 37.2 Å². The maximum atomic E-state index is 14.2. The van der Waals surface area contributed by atoms with Gasteiger partial charge >= 0.3 is 0 Å². The number of methoxy groups -OCH3 is 1. The van der Waals surface area contributed by atoms with E-state index >= 15 is 0 Å². The van der Waals surface area contributed by atoms with Gasteiger partial charge in [-0.15, -0.1) is 0 Å². The highest BCUT2D eigenvalue weighted by atomic mass is 19.1. The summed E-state index contributed by atoms with van der Waals surface area (Å²) in [5.41, 5.74) is 4.23. The van der Waals surface area contributed by atoms with Crippen LogP contribution in [0.25, 0.3) is 0 Å². The van der Waals surface area contributed by atoms with Crippen LogP contribution >= 0.6 is 0 Å². The molecule has 3 atom stereocenters. The summed E-state index contributed by atoms with van der Waals surface area (Å²) in [6, 6.07) is 21.9. The molecule has 0 spiro atoms. The van der Waals surface area contributed by atoms with Gasteiger partial charge in [-0.2, -0.15) is 0 Å². The molecule has 3 aliphatic rings. The van der Waals surface area contributed by atoms with E-state index in [9.17, 15) is 4.39 Å². The average molecular weight is 576 g/mol. The van der Waals surface area contributed by atoms with Crippen molar-refractivity contribution in [3.63, 3.8) is 0 Å². The molecule has 8 heteroatoms. The monoisotopic (exact) mass is 575 g/mol. The minimum absolute atomic E-state index is 0.0448. The van der Waals surface area contributed by atoms with Crippen LogP contribution in [0.5, 0.6) is 11.5 Å². The molecule has 1 N–H and O–H groups in total. The highest BCUT2D eigenvalue weighted by Gasteiger charge is 2.29. The number of hydrogen-bond acceptors (Lipinski definition) is 7. The fraction of sp³-hybridized carbons (Fsp3) is 0.471. The van der Waals surface area contributed by atoms with Crippen LogP contribution in [0.4, 0.5) is 15.8 Å². The summed E-state index contributed by atoms with van der Waals surface area (Å²) >= 11 is 0. The first-order chi connectivity index (χ1) is 20.7. The molecule has 0 radical (unpaired) electrons. The summed E-state index contributed by atoms with van der Waals surface area (Å²) in [5.74, 6) is 1.94. The summed E-state index contributed by atoms with van der Waals surface area (Å²) in [7, 11) is 1.75. The van der Waals surface area contributed by atoms with Crippen molar-refractivity contribution in [1.29, 1.82) is 0 Å². The Morgan fingerprint density at radius 1 is 1.00 bits per heavy atom. The quantitative estimate of drug-likeness (QED) is 0.308. The second-order valence-electron chi connectivity index (χ2n) is 11.4. The number of anilines is 2. The highest BCUT2D eigenvalue weighted by molar-refractivity contribution is 5.61. The Bertz CT molecular complexity index is 1310. The minimum atomic E-state index is -0.179. The molecule has 0 aliphatic carbocycles. The van der Waals surface area contributed by atoms with Crippen molar-refractivity contribution in [1.82, 2.24) is 5.32 Å². The number of nitrogens with zero attached hydrogens (tertiary/aromatic N) is 2. The molecule has 3 aliphatic heterocycles. The van der Waals surface area contributed by atoms with E-state index in [1.807, 2.05) is 12.1 Å². The predicted molar refractivity (Wildman–Crippen MR) is 164 cm³/mol. The van der Waals surface area contributed by atoms with E-state index in [4.69, 9.17) is 18.9 Å². The normalized spacial score (nSPS) is 22.1. The SMILES string of the molecule is COCCCN1CCOc2ccc(CO[C@H]3CNCC[C@@H]3c3ccc(O[C@H]4CCN(c5ccccc5F)C4)cc3)cc21. The van der Waals surface area contributed by atoms with E-state index in [0.29, 0.717) is 31.4 Å². The zero-order valence-electron chi connectivity index (χ0n) is 24.5. The van der Waals surface area contributed by atoms with Crippen LogP contribution in [-0.4, -0.2) is 71.8 Å². The topological polar surface area (TPSA) is 55.4 Å². The van der Waals surface area contributed by atoms with Crippen molar-refractivity contribution < 1.29 is 23.3 Å². The Balaban J connectivity index is 1.05. The lowest BCUT2D eigenvalue weighted by Crippen LogP contribution is -2.41. The maximum Gasteiger partial charge on any atom is 0.146 e. The molecular weight excluding hydrogens is 533 g/mol. The molecule has 0 bridgehead atoms. The molecule has 0 aromatic heterocycles. The van der Waals surface area contributed by atoms with E-state index < -0.39 is 0 Å². The van der Waals surface area contributed by atoms with E-state index in [1.54, 1.807) is 13.2 Å². The number of halogens is 1. The fourth-order valence-electron chi connectivity index (χ4n) is 6.37. The first-order valence-corrected chi connectivity index (χ1v) is 15.3. The number of para-hydroxylation sites is 1. The van der Waals surface area contributed by atoms with Crippen LogP contribution < -0.4 is 24.6 Å². The minimum Gasteiger partial charge on any atom is -0.490 e. The number of benzene rings is 3. The van der Waals surface area contributed by atoms with Crippen LogP contribution in [-0.2, 0) is 16.1 Å². The summed E-state index contributed by atoms with van der Waals surface area (Å²) in [6.45, 7) is 7.15. The second kappa shape index (κ2) is 13.8. The number of hydrogen-bond donors (Lipinski definition) is 1. The third kappa shape index (κ3) is 6.83. The number of piperidine rings is 1. The zero-order valence-corrected chi connectivity index (χ0v) is 24.5. The summed E-state index contributed by atoms with van der Waals surface area (Å²) in [6.07, 6.45) is 3.02. The Morgan fingerprint density at radius 3 is 2.74 bits per heavy atom. The Hall–Kier alpha value is -3.33. The molecule has 3 aromatic rings. The number of nitrogens with one attached hydrogen (secondary N) is 1. The van der Waals surface area contributed by atoms with Gasteiger partial charge in [0.2, 0.25) is 0 Å². The molecule has 2 saturated heterocycles. The predicted octanol–water partition coefficient (Wildman–Crippen LogP) is 5.38. The van der Waals surface area contributed by atoms with Crippen molar-refractivity contribution in [3.8, 4) is 11.5 Å². The molecule has 6 rings (SSSR count).